The second-order valence-electron chi connectivity index (χ2n) is 4.46. The summed E-state index contributed by atoms with van der Waals surface area (Å²) < 4.78 is 36.1. The molecule has 0 aliphatic heterocycles. The van der Waals surface area contributed by atoms with Crippen LogP contribution in [-0.4, -0.2) is 18.5 Å². The Morgan fingerprint density at radius 1 is 1.21 bits per heavy atom. The molecule has 1 nitrogen and oxygen atoms in total. The van der Waals surface area contributed by atoms with E-state index in [1.165, 1.54) is 11.8 Å². The first-order chi connectivity index (χ1) is 8.92. The van der Waals surface area contributed by atoms with Gasteiger partial charge in [-0.15, -0.1) is 11.8 Å². The predicted molar refractivity (Wildman–Crippen MR) is 74.5 cm³/mol. The Kier molecular flexibility index (Phi) is 6.72. The fraction of sp³-hybridized carbons (Fsp3) is 0.571. The Balaban J connectivity index is 2.43. The number of hydrogen-bond acceptors (Lipinski definition) is 2. The number of thioether (sulfide) groups is 1. The minimum atomic E-state index is -4.06. The van der Waals surface area contributed by atoms with Gasteiger partial charge in [-0.3, -0.25) is 0 Å². The molecule has 108 valence electrons. The van der Waals surface area contributed by atoms with Gasteiger partial charge in [0.05, 0.1) is 6.42 Å². The third-order valence-corrected chi connectivity index (χ3v) is 3.75. The molecule has 0 fully saturated rings. The Bertz CT molecular complexity index is 362. The average Bonchev–Trinajstić information content (AvgIpc) is 2.35. The molecule has 0 saturated heterocycles. The number of alkyl halides is 3. The van der Waals surface area contributed by atoms with Crippen molar-refractivity contribution in [3.8, 4) is 0 Å². The summed E-state index contributed by atoms with van der Waals surface area (Å²) in [6.45, 7) is 5.16. The second kappa shape index (κ2) is 7.80. The minimum Gasteiger partial charge on any atom is -0.310 e. The highest BCUT2D eigenvalue weighted by atomic mass is 32.2. The van der Waals surface area contributed by atoms with E-state index < -0.39 is 12.6 Å². The van der Waals surface area contributed by atoms with Crippen LogP contribution in [0.3, 0.4) is 0 Å². The molecule has 0 aliphatic carbocycles. The van der Waals surface area contributed by atoms with Gasteiger partial charge >= 0.3 is 6.18 Å². The maximum absolute atomic E-state index is 12.0. The topological polar surface area (TPSA) is 12.0 Å². The van der Waals surface area contributed by atoms with Crippen molar-refractivity contribution in [3.05, 3.63) is 29.8 Å². The van der Waals surface area contributed by atoms with Crippen LogP contribution in [-0.2, 0) is 0 Å². The van der Waals surface area contributed by atoms with Crippen molar-refractivity contribution in [2.24, 2.45) is 0 Å². The van der Waals surface area contributed by atoms with Gasteiger partial charge < -0.3 is 5.32 Å². The van der Waals surface area contributed by atoms with Crippen LogP contribution in [0.25, 0.3) is 0 Å². The van der Waals surface area contributed by atoms with E-state index in [0.29, 0.717) is 0 Å². The zero-order valence-electron chi connectivity index (χ0n) is 11.3. The maximum atomic E-state index is 12.0. The SMILES string of the molecule is CCCNC(C)c1ccc(SCCC(F)(F)F)cc1. The molecule has 1 aromatic carbocycles. The van der Waals surface area contributed by atoms with Crippen molar-refractivity contribution < 1.29 is 13.2 Å². The van der Waals surface area contributed by atoms with Crippen LogP contribution in [0.5, 0.6) is 0 Å². The summed E-state index contributed by atoms with van der Waals surface area (Å²) in [6.07, 6.45) is -3.73. The van der Waals surface area contributed by atoms with E-state index in [2.05, 4.69) is 19.2 Å². The molecule has 0 heterocycles. The fourth-order valence-corrected chi connectivity index (χ4v) is 2.51. The molecule has 1 rings (SSSR count). The van der Waals surface area contributed by atoms with Crippen molar-refractivity contribution in [3.63, 3.8) is 0 Å². The van der Waals surface area contributed by atoms with E-state index in [9.17, 15) is 13.2 Å². The molecule has 0 spiro atoms. The van der Waals surface area contributed by atoms with E-state index >= 15 is 0 Å². The number of benzene rings is 1. The highest BCUT2D eigenvalue weighted by Crippen LogP contribution is 2.26. The highest BCUT2D eigenvalue weighted by molar-refractivity contribution is 7.99. The number of hydrogen-bond donors (Lipinski definition) is 1. The van der Waals surface area contributed by atoms with Crippen LogP contribution < -0.4 is 5.32 Å². The quantitative estimate of drug-likeness (QED) is 0.725. The van der Waals surface area contributed by atoms with Gasteiger partial charge in [-0.25, -0.2) is 0 Å². The molecular weight excluding hydrogens is 271 g/mol. The third-order valence-electron chi connectivity index (χ3n) is 2.73. The lowest BCUT2D eigenvalue weighted by Crippen LogP contribution is -2.19. The van der Waals surface area contributed by atoms with Crippen LogP contribution >= 0.6 is 11.8 Å². The van der Waals surface area contributed by atoms with Gasteiger partial charge in [0.2, 0.25) is 0 Å². The van der Waals surface area contributed by atoms with Gasteiger partial charge in [0.15, 0.2) is 0 Å². The monoisotopic (exact) mass is 291 g/mol. The van der Waals surface area contributed by atoms with E-state index in [1.807, 2.05) is 24.3 Å². The van der Waals surface area contributed by atoms with Gasteiger partial charge in [0.1, 0.15) is 0 Å². The number of nitrogens with one attached hydrogen (secondary N) is 1. The summed E-state index contributed by atoms with van der Waals surface area (Å²) >= 11 is 1.25. The number of rotatable bonds is 7. The summed E-state index contributed by atoms with van der Waals surface area (Å²) in [5.41, 5.74) is 1.16. The van der Waals surface area contributed by atoms with E-state index in [0.717, 1.165) is 23.4 Å². The lowest BCUT2D eigenvalue weighted by atomic mass is 10.1. The first-order valence-electron chi connectivity index (χ1n) is 6.45. The van der Waals surface area contributed by atoms with Crippen molar-refractivity contribution in [1.82, 2.24) is 5.32 Å². The third kappa shape index (κ3) is 6.87. The summed E-state index contributed by atoms with van der Waals surface area (Å²) in [5.74, 6) is 0.0759. The second-order valence-corrected chi connectivity index (χ2v) is 5.63. The van der Waals surface area contributed by atoms with Crippen molar-refractivity contribution >= 4 is 11.8 Å². The van der Waals surface area contributed by atoms with Gasteiger partial charge in [-0.05, 0) is 37.6 Å². The van der Waals surface area contributed by atoms with Crippen LogP contribution in [0.2, 0.25) is 0 Å². The first kappa shape index (κ1) is 16.4. The van der Waals surface area contributed by atoms with Crippen LogP contribution in [0, 0.1) is 0 Å². The van der Waals surface area contributed by atoms with Crippen molar-refractivity contribution in [2.75, 3.05) is 12.3 Å². The summed E-state index contributed by atoms with van der Waals surface area (Å²) in [6, 6.07) is 8.00. The molecule has 0 radical (unpaired) electrons. The zero-order chi connectivity index (χ0) is 14.3. The van der Waals surface area contributed by atoms with Gasteiger partial charge in [0, 0.05) is 16.7 Å². The standard InChI is InChI=1S/C14H20F3NS/c1-3-9-18-11(2)12-4-6-13(7-5-12)19-10-8-14(15,16)17/h4-7,11,18H,3,8-10H2,1-2H3. The molecule has 1 N–H and O–H groups in total. The van der Waals surface area contributed by atoms with Crippen LogP contribution in [0.1, 0.15) is 38.3 Å². The largest absolute Gasteiger partial charge is 0.389 e. The molecule has 0 aliphatic rings. The van der Waals surface area contributed by atoms with E-state index in [1.54, 1.807) is 0 Å². The molecule has 0 amide bonds. The van der Waals surface area contributed by atoms with Crippen LogP contribution in [0.15, 0.2) is 29.2 Å². The van der Waals surface area contributed by atoms with Gasteiger partial charge in [0.25, 0.3) is 0 Å². The van der Waals surface area contributed by atoms with E-state index in [-0.39, 0.29) is 11.8 Å². The first-order valence-corrected chi connectivity index (χ1v) is 7.44. The van der Waals surface area contributed by atoms with Gasteiger partial charge in [-0.2, -0.15) is 13.2 Å². The van der Waals surface area contributed by atoms with Crippen LogP contribution in [0.4, 0.5) is 13.2 Å². The molecule has 19 heavy (non-hydrogen) atoms. The van der Waals surface area contributed by atoms with Crippen molar-refractivity contribution in [1.29, 1.82) is 0 Å². The molecule has 5 heteroatoms. The zero-order valence-corrected chi connectivity index (χ0v) is 12.1. The normalized spacial score (nSPS) is 13.5. The summed E-state index contributed by atoms with van der Waals surface area (Å²) in [4.78, 5) is 0.885. The lowest BCUT2D eigenvalue weighted by Gasteiger charge is -2.14. The Morgan fingerprint density at radius 2 is 1.84 bits per heavy atom. The molecule has 0 aromatic heterocycles. The molecule has 1 unspecified atom stereocenters. The highest BCUT2D eigenvalue weighted by Gasteiger charge is 2.26. The van der Waals surface area contributed by atoms with Crippen molar-refractivity contribution in [2.45, 2.75) is 43.8 Å². The Morgan fingerprint density at radius 3 is 2.37 bits per heavy atom. The molecule has 1 aromatic rings. The molecule has 1 atom stereocenters. The fourth-order valence-electron chi connectivity index (χ4n) is 1.62. The smallest absolute Gasteiger partial charge is 0.310 e. The lowest BCUT2D eigenvalue weighted by molar-refractivity contribution is -0.129. The summed E-state index contributed by atoms with van der Waals surface area (Å²) in [5, 5.41) is 3.38. The average molecular weight is 291 g/mol. The molecular formula is C14H20F3NS. The summed E-state index contributed by atoms with van der Waals surface area (Å²) in [7, 11) is 0. The van der Waals surface area contributed by atoms with E-state index in [4.69, 9.17) is 0 Å². The molecule has 0 bridgehead atoms. The maximum Gasteiger partial charge on any atom is 0.389 e. The Hall–Kier alpha value is -0.680. The van der Waals surface area contributed by atoms with Gasteiger partial charge in [-0.1, -0.05) is 19.1 Å². The molecule has 0 saturated carbocycles. The minimum absolute atomic E-state index is 0.0759. The predicted octanol–water partition coefficient (Wildman–Crippen LogP) is 4.79. The number of halogens is 3. The Labute approximate surface area is 117 Å².